The number of aromatic nitrogens is 1. The van der Waals surface area contributed by atoms with Gasteiger partial charge < -0.3 is 9.64 Å². The Bertz CT molecular complexity index is 1030. The van der Waals surface area contributed by atoms with Crippen LogP contribution < -0.4 is 4.90 Å². The number of rotatable bonds is 8. The lowest BCUT2D eigenvalue weighted by atomic mass is 10.1. The molecule has 0 aliphatic carbocycles. The number of para-hydroxylation sites is 1. The molecule has 0 aliphatic heterocycles. The summed E-state index contributed by atoms with van der Waals surface area (Å²) in [6, 6.07) is 11.1. The van der Waals surface area contributed by atoms with Crippen LogP contribution >= 0.6 is 11.3 Å². The van der Waals surface area contributed by atoms with Crippen molar-refractivity contribution in [3.8, 4) is 0 Å². The predicted molar refractivity (Wildman–Crippen MR) is 117 cm³/mol. The summed E-state index contributed by atoms with van der Waals surface area (Å²) in [6.07, 6.45) is 0. The lowest BCUT2D eigenvalue weighted by molar-refractivity contribution is 0.0600. The molecule has 0 radical (unpaired) electrons. The average Bonchev–Trinajstić information content (AvgIpc) is 3.21. The van der Waals surface area contributed by atoms with Crippen LogP contribution in [0.5, 0.6) is 0 Å². The SMILES string of the molecule is CCN(CC)CCN(C(=O)c1ccc(C(=O)OC)cc1)c1nc2c(F)cccc2s1. The highest BCUT2D eigenvalue weighted by Gasteiger charge is 2.23. The van der Waals surface area contributed by atoms with Crippen molar-refractivity contribution in [2.45, 2.75) is 13.8 Å². The van der Waals surface area contributed by atoms with E-state index in [4.69, 9.17) is 4.74 Å². The maximum absolute atomic E-state index is 14.2. The second-order valence-electron chi connectivity index (χ2n) is 6.64. The molecule has 1 heterocycles. The molecule has 158 valence electrons. The van der Waals surface area contributed by atoms with Gasteiger partial charge in [-0.15, -0.1) is 0 Å². The highest BCUT2D eigenvalue weighted by Crippen LogP contribution is 2.31. The van der Waals surface area contributed by atoms with Gasteiger partial charge in [-0.2, -0.15) is 0 Å². The van der Waals surface area contributed by atoms with Gasteiger partial charge in [0.15, 0.2) is 5.13 Å². The Balaban J connectivity index is 1.94. The molecule has 0 atom stereocenters. The number of halogens is 1. The minimum atomic E-state index is -0.464. The van der Waals surface area contributed by atoms with Crippen LogP contribution in [0.1, 0.15) is 34.6 Å². The summed E-state index contributed by atoms with van der Waals surface area (Å²) in [5.41, 5.74) is 1.05. The fourth-order valence-electron chi connectivity index (χ4n) is 3.11. The maximum Gasteiger partial charge on any atom is 0.337 e. The van der Waals surface area contributed by atoms with E-state index in [-0.39, 0.29) is 11.4 Å². The van der Waals surface area contributed by atoms with Crippen molar-refractivity contribution in [3.63, 3.8) is 0 Å². The molecule has 8 heteroatoms. The molecule has 0 bridgehead atoms. The molecule has 1 aromatic heterocycles. The number of benzene rings is 2. The van der Waals surface area contributed by atoms with E-state index in [0.717, 1.165) is 13.1 Å². The van der Waals surface area contributed by atoms with Crippen molar-refractivity contribution in [2.24, 2.45) is 0 Å². The Hall–Kier alpha value is -2.84. The van der Waals surface area contributed by atoms with Crippen molar-refractivity contribution >= 4 is 38.6 Å². The molecular weight excluding hydrogens is 405 g/mol. The molecule has 3 rings (SSSR count). The Morgan fingerprint density at radius 3 is 2.30 bits per heavy atom. The zero-order chi connectivity index (χ0) is 21.7. The van der Waals surface area contributed by atoms with Gasteiger partial charge >= 0.3 is 5.97 Å². The third kappa shape index (κ3) is 4.66. The van der Waals surface area contributed by atoms with Crippen LogP contribution in [0.15, 0.2) is 42.5 Å². The molecule has 0 aliphatic rings. The monoisotopic (exact) mass is 429 g/mol. The van der Waals surface area contributed by atoms with Gasteiger partial charge in [-0.3, -0.25) is 9.69 Å². The number of methoxy groups -OCH3 is 1. The molecular formula is C22H24FN3O3S. The largest absolute Gasteiger partial charge is 0.465 e. The lowest BCUT2D eigenvalue weighted by Gasteiger charge is -2.24. The summed E-state index contributed by atoms with van der Waals surface area (Å²) < 4.78 is 19.5. The lowest BCUT2D eigenvalue weighted by Crippen LogP contribution is -2.38. The first kappa shape index (κ1) is 21.9. The summed E-state index contributed by atoms with van der Waals surface area (Å²) in [4.78, 5) is 33.2. The molecule has 3 aromatic rings. The number of carbonyl (C=O) groups excluding carboxylic acids is 2. The number of carbonyl (C=O) groups is 2. The van der Waals surface area contributed by atoms with E-state index in [1.807, 2.05) is 0 Å². The van der Waals surface area contributed by atoms with Crippen molar-refractivity contribution in [2.75, 3.05) is 38.2 Å². The topological polar surface area (TPSA) is 62.7 Å². The molecule has 6 nitrogen and oxygen atoms in total. The van der Waals surface area contributed by atoms with Crippen molar-refractivity contribution in [1.29, 1.82) is 0 Å². The molecule has 0 spiro atoms. The molecule has 2 aromatic carbocycles. The summed E-state index contributed by atoms with van der Waals surface area (Å²) in [5.74, 6) is -1.12. The van der Waals surface area contributed by atoms with E-state index in [9.17, 15) is 14.0 Å². The van der Waals surface area contributed by atoms with E-state index >= 15 is 0 Å². The zero-order valence-electron chi connectivity index (χ0n) is 17.2. The molecule has 0 unspecified atom stereocenters. The van der Waals surface area contributed by atoms with E-state index < -0.39 is 11.8 Å². The number of amides is 1. The van der Waals surface area contributed by atoms with Gasteiger partial charge in [0.05, 0.1) is 17.4 Å². The number of hydrogen-bond donors (Lipinski definition) is 0. The van der Waals surface area contributed by atoms with Crippen LogP contribution in [-0.4, -0.2) is 55.0 Å². The van der Waals surface area contributed by atoms with Gasteiger partial charge in [0, 0.05) is 18.7 Å². The molecule has 0 saturated heterocycles. The van der Waals surface area contributed by atoms with Crippen LogP contribution in [0.2, 0.25) is 0 Å². The van der Waals surface area contributed by atoms with Crippen LogP contribution in [0, 0.1) is 5.82 Å². The van der Waals surface area contributed by atoms with Gasteiger partial charge in [0.25, 0.3) is 5.91 Å². The second-order valence-corrected chi connectivity index (χ2v) is 7.64. The third-order valence-corrected chi connectivity index (χ3v) is 5.97. The van der Waals surface area contributed by atoms with Gasteiger partial charge in [-0.25, -0.2) is 14.2 Å². The number of hydrogen-bond acceptors (Lipinski definition) is 6. The zero-order valence-corrected chi connectivity index (χ0v) is 18.0. The van der Waals surface area contributed by atoms with E-state index in [1.54, 1.807) is 41.3 Å². The third-order valence-electron chi connectivity index (χ3n) is 4.92. The Kier molecular flexibility index (Phi) is 7.12. The number of nitrogens with zero attached hydrogens (tertiary/aromatic N) is 3. The standard InChI is InChI=1S/C22H24FN3O3S/c1-4-25(5-2)13-14-26(22-24-19-17(23)7-6-8-18(19)30-22)20(27)15-9-11-16(12-10-15)21(28)29-3/h6-12H,4-5,13-14H2,1-3H3. The molecule has 30 heavy (non-hydrogen) atoms. The van der Waals surface area contributed by atoms with Gasteiger partial charge in [-0.05, 0) is 49.5 Å². The summed E-state index contributed by atoms with van der Waals surface area (Å²) in [6.45, 7) is 6.93. The van der Waals surface area contributed by atoms with Crippen molar-refractivity contribution in [1.82, 2.24) is 9.88 Å². The quantitative estimate of drug-likeness (QED) is 0.502. The van der Waals surface area contributed by atoms with Crippen LogP contribution in [-0.2, 0) is 4.74 Å². The summed E-state index contributed by atoms with van der Waals surface area (Å²) >= 11 is 1.28. The normalized spacial score (nSPS) is 11.1. The average molecular weight is 430 g/mol. The first-order valence-corrected chi connectivity index (χ1v) is 10.6. The minimum absolute atomic E-state index is 0.252. The van der Waals surface area contributed by atoms with E-state index in [0.29, 0.717) is 34.0 Å². The number of likely N-dealkylation sites (N-methyl/N-ethyl adjacent to an activating group) is 1. The van der Waals surface area contributed by atoms with Gasteiger partial charge in [0.2, 0.25) is 0 Å². The molecule has 0 saturated carbocycles. The number of esters is 1. The number of thiazole rings is 1. The molecule has 1 amide bonds. The fraction of sp³-hybridized carbons (Fsp3) is 0.318. The molecule has 0 N–H and O–H groups in total. The Labute approximate surface area is 178 Å². The first-order chi connectivity index (χ1) is 14.5. The molecule has 0 fully saturated rings. The second kappa shape index (κ2) is 9.77. The number of fused-ring (bicyclic) bond motifs is 1. The van der Waals surface area contributed by atoms with Crippen LogP contribution in [0.4, 0.5) is 9.52 Å². The Morgan fingerprint density at radius 1 is 1.03 bits per heavy atom. The fourth-order valence-corrected chi connectivity index (χ4v) is 4.11. The minimum Gasteiger partial charge on any atom is -0.465 e. The Morgan fingerprint density at radius 2 is 1.70 bits per heavy atom. The van der Waals surface area contributed by atoms with Crippen molar-refractivity contribution < 1.29 is 18.7 Å². The highest BCUT2D eigenvalue weighted by atomic mass is 32.1. The number of anilines is 1. The van der Waals surface area contributed by atoms with E-state index in [2.05, 4.69) is 23.7 Å². The van der Waals surface area contributed by atoms with Gasteiger partial charge in [-0.1, -0.05) is 31.3 Å². The number of ether oxygens (including phenoxy) is 1. The summed E-state index contributed by atoms with van der Waals surface area (Å²) in [5, 5.41) is 0.448. The van der Waals surface area contributed by atoms with Gasteiger partial charge in [0.1, 0.15) is 11.3 Å². The first-order valence-electron chi connectivity index (χ1n) is 9.76. The van der Waals surface area contributed by atoms with Crippen LogP contribution in [0.3, 0.4) is 0 Å². The van der Waals surface area contributed by atoms with E-state index in [1.165, 1.54) is 24.5 Å². The van der Waals surface area contributed by atoms with Crippen molar-refractivity contribution in [3.05, 3.63) is 59.4 Å². The predicted octanol–water partition coefficient (Wildman–Crippen LogP) is 4.21. The maximum atomic E-state index is 14.2. The highest BCUT2D eigenvalue weighted by molar-refractivity contribution is 7.22. The summed E-state index contributed by atoms with van der Waals surface area (Å²) in [7, 11) is 1.31. The van der Waals surface area contributed by atoms with Crippen LogP contribution in [0.25, 0.3) is 10.2 Å². The smallest absolute Gasteiger partial charge is 0.337 e.